The van der Waals surface area contributed by atoms with Crippen molar-refractivity contribution in [1.29, 1.82) is 0 Å². The lowest BCUT2D eigenvalue weighted by molar-refractivity contribution is -0.140. The number of benzene rings is 1. The zero-order valence-electron chi connectivity index (χ0n) is 20.2. The zero-order chi connectivity index (χ0) is 23.8. The first-order valence-electron chi connectivity index (χ1n) is 12.2. The molecule has 1 saturated carbocycles. The second-order valence-corrected chi connectivity index (χ2v) is 10.9. The number of rotatable bonds is 4. The normalized spacial score (nSPS) is 23.3. The predicted molar refractivity (Wildman–Crippen MR) is 131 cm³/mol. The van der Waals surface area contributed by atoms with Crippen molar-refractivity contribution in [2.45, 2.75) is 77.9 Å². The van der Waals surface area contributed by atoms with Crippen molar-refractivity contribution in [1.82, 2.24) is 15.2 Å². The van der Waals surface area contributed by atoms with Gasteiger partial charge in [-0.15, -0.1) is 0 Å². The minimum absolute atomic E-state index is 0.0669. The summed E-state index contributed by atoms with van der Waals surface area (Å²) in [5.74, 6) is 0.745. The molecule has 0 bridgehead atoms. The van der Waals surface area contributed by atoms with Crippen LogP contribution in [0.25, 0.3) is 10.9 Å². The van der Waals surface area contributed by atoms with Gasteiger partial charge in [-0.25, -0.2) is 4.79 Å². The lowest BCUT2D eigenvalue weighted by atomic mass is 9.80. The van der Waals surface area contributed by atoms with Crippen molar-refractivity contribution >= 4 is 34.5 Å². The summed E-state index contributed by atoms with van der Waals surface area (Å²) < 4.78 is 5.33. The molecule has 2 aromatic rings. The van der Waals surface area contributed by atoms with E-state index in [1.165, 1.54) is 16.6 Å². The van der Waals surface area contributed by atoms with Crippen molar-refractivity contribution in [3.8, 4) is 0 Å². The molecule has 0 saturated heterocycles. The van der Waals surface area contributed by atoms with Crippen LogP contribution in [0.2, 0.25) is 5.02 Å². The van der Waals surface area contributed by atoms with Crippen LogP contribution in [0.3, 0.4) is 0 Å². The molecule has 1 atom stereocenters. The fraction of sp³-hybridized carbons (Fsp3) is 0.615. The highest BCUT2D eigenvalue weighted by molar-refractivity contribution is 6.31. The van der Waals surface area contributed by atoms with Crippen LogP contribution in [0.4, 0.5) is 4.79 Å². The number of halogens is 1. The summed E-state index contributed by atoms with van der Waals surface area (Å²) in [5.41, 5.74) is 3.06. The number of carbonyl (C=O) groups is 2. The predicted octanol–water partition coefficient (Wildman–Crippen LogP) is 5.99. The van der Waals surface area contributed by atoms with Gasteiger partial charge in [-0.2, -0.15) is 0 Å². The Labute approximate surface area is 201 Å². The van der Waals surface area contributed by atoms with E-state index in [2.05, 4.69) is 28.2 Å². The van der Waals surface area contributed by atoms with E-state index in [1.54, 1.807) is 0 Å². The van der Waals surface area contributed by atoms with Crippen molar-refractivity contribution in [2.24, 2.45) is 11.8 Å². The molecule has 7 heteroatoms. The molecule has 2 heterocycles. The number of hydrogen-bond acceptors (Lipinski definition) is 3. The first kappa shape index (κ1) is 23.9. The van der Waals surface area contributed by atoms with Gasteiger partial charge < -0.3 is 19.9 Å². The Morgan fingerprint density at radius 3 is 2.61 bits per heavy atom. The number of aromatic amines is 1. The molecule has 2 amide bonds. The standard InChI is InChI=1S/C26H36ClN3O3/c1-5-22-23-20(19-11-10-18(27)14-21(19)29-23)12-13-30(22)24(31)17-8-6-16(7-9-17)15-28-25(32)33-26(2,3)4/h10-11,14,16-17,22,29H,5-9,12-13,15H2,1-4H3,(H,28,32). The van der Waals surface area contributed by atoms with Crippen LogP contribution in [0, 0.1) is 11.8 Å². The van der Waals surface area contributed by atoms with Gasteiger partial charge in [0.1, 0.15) is 5.60 Å². The van der Waals surface area contributed by atoms with Crippen LogP contribution in [0.5, 0.6) is 0 Å². The van der Waals surface area contributed by atoms with Crippen LogP contribution in [0.15, 0.2) is 18.2 Å². The van der Waals surface area contributed by atoms with Gasteiger partial charge in [-0.3, -0.25) is 4.79 Å². The van der Waals surface area contributed by atoms with Crippen molar-refractivity contribution < 1.29 is 14.3 Å². The van der Waals surface area contributed by atoms with E-state index in [4.69, 9.17) is 16.3 Å². The molecule has 0 spiro atoms. The van der Waals surface area contributed by atoms with Gasteiger partial charge in [0, 0.05) is 40.6 Å². The molecule has 33 heavy (non-hydrogen) atoms. The van der Waals surface area contributed by atoms with Gasteiger partial charge in [0.15, 0.2) is 0 Å². The van der Waals surface area contributed by atoms with Gasteiger partial charge in [-0.05, 0) is 82.9 Å². The number of carbonyl (C=O) groups excluding carboxylic acids is 2. The second kappa shape index (κ2) is 9.57. The third-order valence-corrected chi connectivity index (χ3v) is 7.25. The second-order valence-electron chi connectivity index (χ2n) is 10.5. The van der Waals surface area contributed by atoms with Crippen LogP contribution >= 0.6 is 11.6 Å². The maximum atomic E-state index is 13.5. The van der Waals surface area contributed by atoms with Crippen LogP contribution in [-0.2, 0) is 16.0 Å². The molecule has 1 aliphatic heterocycles. The number of nitrogens with one attached hydrogen (secondary N) is 2. The summed E-state index contributed by atoms with van der Waals surface area (Å²) in [4.78, 5) is 31.1. The van der Waals surface area contributed by atoms with Gasteiger partial charge >= 0.3 is 6.09 Å². The van der Waals surface area contributed by atoms with E-state index < -0.39 is 5.60 Å². The maximum absolute atomic E-state index is 13.5. The molecule has 6 nitrogen and oxygen atoms in total. The monoisotopic (exact) mass is 473 g/mol. The van der Waals surface area contributed by atoms with Gasteiger partial charge in [0.2, 0.25) is 5.91 Å². The maximum Gasteiger partial charge on any atom is 0.407 e. The molecular formula is C26H36ClN3O3. The summed E-state index contributed by atoms with van der Waals surface area (Å²) >= 11 is 6.20. The Hall–Kier alpha value is -2.21. The molecule has 1 aromatic carbocycles. The van der Waals surface area contributed by atoms with E-state index in [0.717, 1.165) is 55.6 Å². The molecule has 2 aliphatic rings. The van der Waals surface area contributed by atoms with Gasteiger partial charge in [0.05, 0.1) is 6.04 Å². The summed E-state index contributed by atoms with van der Waals surface area (Å²) in [7, 11) is 0. The number of ether oxygens (including phenoxy) is 1. The molecule has 1 fully saturated rings. The molecule has 1 aliphatic carbocycles. The molecule has 180 valence electrons. The summed E-state index contributed by atoms with van der Waals surface area (Å²) in [6.45, 7) is 9.11. The Morgan fingerprint density at radius 1 is 1.21 bits per heavy atom. The number of nitrogens with zero attached hydrogens (tertiary/aromatic N) is 1. The average Bonchev–Trinajstić information content (AvgIpc) is 3.13. The number of hydrogen-bond donors (Lipinski definition) is 2. The van der Waals surface area contributed by atoms with Crippen LogP contribution in [0.1, 0.15) is 77.1 Å². The van der Waals surface area contributed by atoms with E-state index in [0.29, 0.717) is 12.5 Å². The molecule has 1 aromatic heterocycles. The highest BCUT2D eigenvalue weighted by Crippen LogP contribution is 2.39. The fourth-order valence-electron chi connectivity index (χ4n) is 5.42. The lowest BCUT2D eigenvalue weighted by Gasteiger charge is -2.39. The Bertz CT molecular complexity index is 1020. The minimum atomic E-state index is -0.491. The fourth-order valence-corrected chi connectivity index (χ4v) is 5.60. The highest BCUT2D eigenvalue weighted by atomic mass is 35.5. The lowest BCUT2D eigenvalue weighted by Crippen LogP contribution is -2.44. The number of fused-ring (bicyclic) bond motifs is 3. The van der Waals surface area contributed by atoms with Crippen molar-refractivity contribution in [3.05, 3.63) is 34.5 Å². The van der Waals surface area contributed by atoms with E-state index in [-0.39, 0.29) is 24.0 Å². The Kier molecular flexibility index (Phi) is 6.94. The average molecular weight is 474 g/mol. The van der Waals surface area contributed by atoms with E-state index in [9.17, 15) is 9.59 Å². The summed E-state index contributed by atoms with van der Waals surface area (Å²) in [5, 5.41) is 4.83. The number of H-pyrrole nitrogens is 1. The molecule has 1 unspecified atom stereocenters. The molecule has 4 rings (SSSR count). The molecule has 0 radical (unpaired) electrons. The van der Waals surface area contributed by atoms with Crippen molar-refractivity contribution in [3.63, 3.8) is 0 Å². The molecular weight excluding hydrogens is 438 g/mol. The largest absolute Gasteiger partial charge is 0.444 e. The van der Waals surface area contributed by atoms with E-state index >= 15 is 0 Å². The highest BCUT2D eigenvalue weighted by Gasteiger charge is 2.36. The van der Waals surface area contributed by atoms with Crippen LogP contribution < -0.4 is 5.32 Å². The first-order chi connectivity index (χ1) is 15.7. The first-order valence-corrected chi connectivity index (χ1v) is 12.6. The number of aromatic nitrogens is 1. The third-order valence-electron chi connectivity index (χ3n) is 7.01. The van der Waals surface area contributed by atoms with Crippen molar-refractivity contribution in [2.75, 3.05) is 13.1 Å². The van der Waals surface area contributed by atoms with Crippen LogP contribution in [-0.4, -0.2) is 40.6 Å². The third kappa shape index (κ3) is 5.32. The number of alkyl carbamates (subject to hydrolysis) is 1. The Morgan fingerprint density at radius 2 is 1.94 bits per heavy atom. The molecule has 2 N–H and O–H groups in total. The SMILES string of the molecule is CCC1c2[nH]c3cc(Cl)ccc3c2CCN1C(=O)C1CCC(CNC(=O)OC(C)(C)C)CC1. The quantitative estimate of drug-likeness (QED) is 0.572. The van der Waals surface area contributed by atoms with Gasteiger partial charge in [-0.1, -0.05) is 24.6 Å². The summed E-state index contributed by atoms with van der Waals surface area (Å²) in [6.07, 6.45) is 5.04. The van der Waals surface area contributed by atoms with E-state index in [1.807, 2.05) is 32.9 Å². The zero-order valence-corrected chi connectivity index (χ0v) is 20.9. The Balaban J connectivity index is 1.36. The topological polar surface area (TPSA) is 74.4 Å². The van der Waals surface area contributed by atoms with Gasteiger partial charge in [0.25, 0.3) is 0 Å². The smallest absolute Gasteiger partial charge is 0.407 e. The number of amides is 2. The summed E-state index contributed by atoms with van der Waals surface area (Å²) in [6, 6.07) is 6.08. The minimum Gasteiger partial charge on any atom is -0.444 e.